The molecule has 0 heterocycles. The second-order valence-corrected chi connectivity index (χ2v) is 3.40. The summed E-state index contributed by atoms with van der Waals surface area (Å²) in [6.45, 7) is 0. The normalized spacial score (nSPS) is 9.83. The second kappa shape index (κ2) is 5.71. The van der Waals surface area contributed by atoms with Crippen LogP contribution < -0.4 is 5.32 Å². The molecule has 0 aliphatic heterocycles. The van der Waals surface area contributed by atoms with Gasteiger partial charge in [-0.15, -0.1) is 0 Å². The Morgan fingerprint density at radius 3 is 2.56 bits per heavy atom. The Kier molecular flexibility index (Phi) is 4.30. The summed E-state index contributed by atoms with van der Waals surface area (Å²) in [5, 5.41) is 21.0. The van der Waals surface area contributed by atoms with Crippen molar-refractivity contribution in [3.8, 4) is 0 Å². The van der Waals surface area contributed by atoms with Crippen molar-refractivity contribution >= 4 is 23.3 Å². The van der Waals surface area contributed by atoms with Crippen molar-refractivity contribution in [1.29, 1.82) is 0 Å². The lowest BCUT2D eigenvalue weighted by Gasteiger charge is -2.04. The molecule has 0 saturated carbocycles. The van der Waals surface area contributed by atoms with Crippen molar-refractivity contribution in [1.82, 2.24) is 0 Å². The number of halogens is 1. The zero-order valence-electron chi connectivity index (χ0n) is 9.05. The number of amides is 1. The summed E-state index contributed by atoms with van der Waals surface area (Å²) in [6, 6.07) is 2.61. The number of hydrogen-bond acceptors (Lipinski definition) is 4. The van der Waals surface area contributed by atoms with Crippen molar-refractivity contribution in [2.75, 3.05) is 5.32 Å². The van der Waals surface area contributed by atoms with Gasteiger partial charge in [0.2, 0.25) is 5.91 Å². The standard InChI is InChI=1S/C10H9FN2O5/c11-6-3-7(5-8(4-6)13(17)18)12-9(14)1-2-10(15)16/h3-5H,1-2H2,(H,12,14)(H,15,16). The Bertz CT molecular complexity index is 503. The summed E-state index contributed by atoms with van der Waals surface area (Å²) in [5.41, 5.74) is -0.583. The molecule has 0 unspecified atom stereocenters. The molecule has 0 bridgehead atoms. The zero-order valence-corrected chi connectivity index (χ0v) is 9.05. The Balaban J connectivity index is 2.75. The van der Waals surface area contributed by atoms with Crippen molar-refractivity contribution < 1.29 is 24.0 Å². The second-order valence-electron chi connectivity index (χ2n) is 3.40. The van der Waals surface area contributed by atoms with Gasteiger partial charge in [-0.1, -0.05) is 0 Å². The number of carboxylic acid groups (broad SMARTS) is 1. The highest BCUT2D eigenvalue weighted by molar-refractivity contribution is 5.92. The summed E-state index contributed by atoms with van der Waals surface area (Å²) in [6.07, 6.45) is -0.664. The van der Waals surface area contributed by atoms with Crippen molar-refractivity contribution in [3.63, 3.8) is 0 Å². The number of benzene rings is 1. The van der Waals surface area contributed by atoms with E-state index in [1.54, 1.807) is 0 Å². The topological polar surface area (TPSA) is 110 Å². The molecule has 0 fully saturated rings. The Labute approximate surface area is 100 Å². The molecular formula is C10H9FN2O5. The van der Waals surface area contributed by atoms with Gasteiger partial charge in [0.1, 0.15) is 5.82 Å². The van der Waals surface area contributed by atoms with Crippen LogP contribution in [0.2, 0.25) is 0 Å². The number of aliphatic carboxylic acids is 1. The monoisotopic (exact) mass is 256 g/mol. The Hall–Kier alpha value is -2.51. The van der Waals surface area contributed by atoms with Gasteiger partial charge < -0.3 is 10.4 Å². The van der Waals surface area contributed by atoms with E-state index >= 15 is 0 Å². The molecule has 0 radical (unpaired) electrons. The molecule has 0 aliphatic carbocycles. The smallest absolute Gasteiger partial charge is 0.303 e. The first kappa shape index (κ1) is 13.6. The number of non-ortho nitro benzene ring substituents is 1. The predicted octanol–water partition coefficient (Wildman–Crippen LogP) is 1.54. The minimum atomic E-state index is -1.14. The van der Waals surface area contributed by atoms with Crippen LogP contribution in [0.3, 0.4) is 0 Å². The number of nitrogens with one attached hydrogen (secondary N) is 1. The molecule has 8 heteroatoms. The van der Waals surface area contributed by atoms with Crippen molar-refractivity contribution in [3.05, 3.63) is 34.1 Å². The lowest BCUT2D eigenvalue weighted by Crippen LogP contribution is -2.13. The molecule has 0 saturated heterocycles. The summed E-state index contributed by atoms with van der Waals surface area (Å²) in [7, 11) is 0. The molecule has 0 atom stereocenters. The van der Waals surface area contributed by atoms with Crippen LogP contribution in [0.25, 0.3) is 0 Å². The first-order valence-electron chi connectivity index (χ1n) is 4.85. The molecule has 1 rings (SSSR count). The Morgan fingerprint density at radius 2 is 2.00 bits per heavy atom. The third-order valence-corrected chi connectivity index (χ3v) is 1.94. The third kappa shape index (κ3) is 4.16. The number of nitro benzene ring substituents is 1. The van der Waals surface area contributed by atoms with E-state index in [4.69, 9.17) is 5.11 Å². The quantitative estimate of drug-likeness (QED) is 0.613. The fourth-order valence-corrected chi connectivity index (χ4v) is 1.20. The fraction of sp³-hybridized carbons (Fsp3) is 0.200. The van der Waals surface area contributed by atoms with E-state index in [0.29, 0.717) is 6.07 Å². The van der Waals surface area contributed by atoms with Crippen LogP contribution in [-0.2, 0) is 9.59 Å². The van der Waals surface area contributed by atoms with Crippen LogP contribution in [0.1, 0.15) is 12.8 Å². The number of rotatable bonds is 5. The van der Waals surface area contributed by atoms with Gasteiger partial charge in [0.15, 0.2) is 0 Å². The molecule has 7 nitrogen and oxygen atoms in total. The zero-order chi connectivity index (χ0) is 13.7. The van der Waals surface area contributed by atoms with E-state index < -0.39 is 28.3 Å². The van der Waals surface area contributed by atoms with Gasteiger partial charge >= 0.3 is 5.97 Å². The lowest BCUT2D eigenvalue weighted by atomic mass is 10.2. The molecule has 0 spiro atoms. The number of carbonyl (C=O) groups is 2. The first-order chi connectivity index (χ1) is 8.38. The minimum absolute atomic E-state index is 0.0860. The van der Waals surface area contributed by atoms with Gasteiger partial charge in [-0.3, -0.25) is 19.7 Å². The largest absolute Gasteiger partial charge is 0.481 e. The molecular weight excluding hydrogens is 247 g/mol. The minimum Gasteiger partial charge on any atom is -0.481 e. The highest BCUT2D eigenvalue weighted by Crippen LogP contribution is 2.20. The number of hydrogen-bond donors (Lipinski definition) is 2. The first-order valence-corrected chi connectivity index (χ1v) is 4.85. The number of nitro groups is 1. The number of anilines is 1. The van der Waals surface area contributed by atoms with Gasteiger partial charge in [-0.2, -0.15) is 0 Å². The van der Waals surface area contributed by atoms with Crippen molar-refractivity contribution in [2.24, 2.45) is 0 Å². The molecule has 1 aromatic rings. The maximum atomic E-state index is 13.0. The molecule has 0 aromatic heterocycles. The van der Waals surface area contributed by atoms with Gasteiger partial charge in [0.05, 0.1) is 23.1 Å². The molecule has 1 aromatic carbocycles. The Morgan fingerprint density at radius 1 is 1.33 bits per heavy atom. The van der Waals surface area contributed by atoms with Crippen LogP contribution in [0.5, 0.6) is 0 Å². The number of carbonyl (C=O) groups excluding carboxylic acids is 1. The molecule has 0 aliphatic rings. The predicted molar refractivity (Wildman–Crippen MR) is 58.6 cm³/mol. The third-order valence-electron chi connectivity index (χ3n) is 1.94. The van der Waals surface area contributed by atoms with Crippen LogP contribution in [0, 0.1) is 15.9 Å². The van der Waals surface area contributed by atoms with Crippen LogP contribution in [0.4, 0.5) is 15.8 Å². The van der Waals surface area contributed by atoms with Gasteiger partial charge in [0.25, 0.3) is 5.69 Å². The molecule has 96 valence electrons. The lowest BCUT2D eigenvalue weighted by molar-refractivity contribution is -0.385. The summed E-state index contributed by atoms with van der Waals surface area (Å²) in [5.74, 6) is -2.66. The maximum absolute atomic E-state index is 13.0. The van der Waals surface area contributed by atoms with Gasteiger partial charge in [-0.25, -0.2) is 4.39 Å². The van der Waals surface area contributed by atoms with E-state index in [0.717, 1.165) is 12.1 Å². The van der Waals surface area contributed by atoms with Gasteiger partial charge in [0, 0.05) is 12.5 Å². The molecule has 2 N–H and O–H groups in total. The van der Waals surface area contributed by atoms with E-state index in [1.165, 1.54) is 0 Å². The van der Waals surface area contributed by atoms with Crippen molar-refractivity contribution in [2.45, 2.75) is 12.8 Å². The van der Waals surface area contributed by atoms with Crippen LogP contribution in [0.15, 0.2) is 18.2 Å². The highest BCUT2D eigenvalue weighted by atomic mass is 19.1. The van der Waals surface area contributed by atoms with E-state index in [9.17, 15) is 24.1 Å². The highest BCUT2D eigenvalue weighted by Gasteiger charge is 2.12. The summed E-state index contributed by atoms with van der Waals surface area (Å²) >= 11 is 0. The van der Waals surface area contributed by atoms with Crippen LogP contribution in [-0.4, -0.2) is 21.9 Å². The average molecular weight is 256 g/mol. The molecule has 18 heavy (non-hydrogen) atoms. The van der Waals surface area contributed by atoms with Gasteiger partial charge in [-0.05, 0) is 6.07 Å². The fourth-order valence-electron chi connectivity index (χ4n) is 1.20. The van der Waals surface area contributed by atoms with E-state index in [2.05, 4.69) is 5.32 Å². The van der Waals surface area contributed by atoms with E-state index in [1.807, 2.05) is 0 Å². The SMILES string of the molecule is O=C(O)CCC(=O)Nc1cc(F)cc([N+](=O)[O-])c1. The number of carboxylic acids is 1. The summed E-state index contributed by atoms with van der Waals surface area (Å²) < 4.78 is 13.0. The summed E-state index contributed by atoms with van der Waals surface area (Å²) in [4.78, 5) is 31.1. The average Bonchev–Trinajstić information content (AvgIpc) is 2.25. The van der Waals surface area contributed by atoms with E-state index in [-0.39, 0.29) is 18.5 Å². The van der Waals surface area contributed by atoms with Crippen LogP contribution >= 0.6 is 0 Å². The molecule has 1 amide bonds. The number of nitrogens with zero attached hydrogens (tertiary/aromatic N) is 1. The maximum Gasteiger partial charge on any atom is 0.303 e.